The van der Waals surface area contributed by atoms with Gasteiger partial charge in [0.2, 0.25) is 0 Å². The predicted molar refractivity (Wildman–Crippen MR) is 157 cm³/mol. The number of unbranched alkanes of at least 4 members (excludes halogenated alkanes) is 1. The Bertz CT molecular complexity index is 1260. The first-order valence-electron chi connectivity index (χ1n) is 14.4. The van der Waals surface area contributed by atoms with Crippen molar-refractivity contribution in [2.45, 2.75) is 67.8 Å². The van der Waals surface area contributed by atoms with Gasteiger partial charge in [-0.05, 0) is 47.9 Å². The molecule has 0 radical (unpaired) electrons. The van der Waals surface area contributed by atoms with Crippen LogP contribution in [-0.2, 0) is 19.2 Å². The quantitative estimate of drug-likeness (QED) is 0.125. The number of carboxylic acids is 1. The zero-order chi connectivity index (χ0) is 29.5. The summed E-state index contributed by atoms with van der Waals surface area (Å²) in [5.41, 5.74) is 6.95. The first-order valence-corrected chi connectivity index (χ1v) is 15.4. The van der Waals surface area contributed by atoms with Crippen molar-refractivity contribution in [1.29, 1.82) is 0 Å². The van der Waals surface area contributed by atoms with Crippen LogP contribution in [0.4, 0.5) is 9.59 Å². The smallest absolute Gasteiger partial charge is 0.407 e. The van der Waals surface area contributed by atoms with Crippen molar-refractivity contribution in [3.63, 3.8) is 0 Å². The number of urea groups is 1. The number of hydrogen-bond acceptors (Lipinski definition) is 8. The van der Waals surface area contributed by atoms with Crippen molar-refractivity contribution < 1.29 is 33.9 Å². The summed E-state index contributed by atoms with van der Waals surface area (Å²) < 4.78 is 5.46. The summed E-state index contributed by atoms with van der Waals surface area (Å²) in [5.74, 6) is -0.759. The summed E-state index contributed by atoms with van der Waals surface area (Å²) in [5, 5.41) is 18.2. The highest BCUT2D eigenvalue weighted by atomic mass is 32.2. The van der Waals surface area contributed by atoms with Gasteiger partial charge in [0.15, 0.2) is 0 Å². The van der Waals surface area contributed by atoms with E-state index >= 15 is 0 Å². The molecular formula is C30H36N4O7S. The van der Waals surface area contributed by atoms with Crippen LogP contribution in [0.1, 0.15) is 55.6 Å². The van der Waals surface area contributed by atoms with Gasteiger partial charge in [0.25, 0.3) is 0 Å². The lowest BCUT2D eigenvalue weighted by Gasteiger charge is -2.17. The Morgan fingerprint density at radius 2 is 1.71 bits per heavy atom. The van der Waals surface area contributed by atoms with Gasteiger partial charge in [-0.1, -0.05) is 55.0 Å². The maximum absolute atomic E-state index is 12.5. The summed E-state index contributed by atoms with van der Waals surface area (Å²) >= 11 is 1.84. The van der Waals surface area contributed by atoms with E-state index in [1.807, 2.05) is 60.3 Å². The predicted octanol–water partition coefficient (Wildman–Crippen LogP) is 3.53. The van der Waals surface area contributed by atoms with Crippen LogP contribution >= 0.6 is 11.8 Å². The van der Waals surface area contributed by atoms with Gasteiger partial charge in [0.05, 0.1) is 12.1 Å². The largest absolute Gasteiger partial charge is 0.480 e. The molecule has 2 aromatic rings. The van der Waals surface area contributed by atoms with Gasteiger partial charge >= 0.3 is 24.1 Å². The number of aliphatic carboxylic acids is 1. The third kappa shape index (κ3) is 7.16. The summed E-state index contributed by atoms with van der Waals surface area (Å²) in [6, 6.07) is 15.1. The molecule has 12 heteroatoms. The molecule has 42 heavy (non-hydrogen) atoms. The number of benzene rings is 2. The number of hydroxylamine groups is 1. The number of alkyl carbamates (subject to hydrolysis) is 1. The van der Waals surface area contributed by atoms with Crippen molar-refractivity contribution in [2.75, 3.05) is 18.9 Å². The molecule has 0 saturated carbocycles. The lowest BCUT2D eigenvalue weighted by molar-refractivity contribution is -0.151. The molecule has 2 heterocycles. The van der Waals surface area contributed by atoms with E-state index in [1.54, 1.807) is 0 Å². The summed E-state index contributed by atoms with van der Waals surface area (Å²) in [7, 11) is 0. The second-order valence-corrected chi connectivity index (χ2v) is 12.0. The molecule has 2 saturated heterocycles. The molecule has 4 atom stereocenters. The van der Waals surface area contributed by atoms with Crippen LogP contribution < -0.4 is 21.4 Å². The highest BCUT2D eigenvalue weighted by Gasteiger charge is 2.42. The van der Waals surface area contributed by atoms with Crippen LogP contribution in [0, 0.1) is 0 Å². The maximum Gasteiger partial charge on any atom is 0.407 e. The number of nitrogens with one attached hydrogen (secondary N) is 4. The molecule has 0 aromatic heterocycles. The lowest BCUT2D eigenvalue weighted by atomic mass is 9.98. The molecular weight excluding hydrogens is 560 g/mol. The number of hydrogen-bond donors (Lipinski definition) is 5. The summed E-state index contributed by atoms with van der Waals surface area (Å²) in [6.45, 7) is 0.342. The molecule has 0 spiro atoms. The standard InChI is InChI=1S/C30H36N4O7S/c35-26(14-6-5-13-25-27-24(17-42-25)32-29(38)34-27)41-31-15-7-12-23(28(36)37)33-30(39)40-16-22-20-10-3-1-8-18(20)19-9-2-4-11-21(19)22/h1-4,8-11,22-25,27,31H,5-7,12-17H2,(H,33,39)(H,36,37)(H2,32,34,38)/t23-,24-,25-,27-/m0/s1. The minimum absolute atomic E-state index is 0.0953. The Kier molecular flexibility index (Phi) is 9.85. The third-order valence-electron chi connectivity index (χ3n) is 7.95. The average Bonchev–Trinajstić information content (AvgIpc) is 3.64. The van der Waals surface area contributed by atoms with Gasteiger partial charge in [0.1, 0.15) is 12.6 Å². The van der Waals surface area contributed by atoms with Crippen molar-refractivity contribution in [1.82, 2.24) is 21.4 Å². The van der Waals surface area contributed by atoms with Crippen LogP contribution in [0.2, 0.25) is 0 Å². The Hall–Kier alpha value is -3.77. The zero-order valence-electron chi connectivity index (χ0n) is 23.2. The van der Waals surface area contributed by atoms with Crippen LogP contribution in [0.25, 0.3) is 11.1 Å². The van der Waals surface area contributed by atoms with Crippen molar-refractivity contribution in [3.05, 3.63) is 59.7 Å². The number of carbonyl (C=O) groups excluding carboxylic acids is 3. The molecule has 0 bridgehead atoms. The number of carbonyl (C=O) groups is 4. The zero-order valence-corrected chi connectivity index (χ0v) is 24.0. The fourth-order valence-corrected chi connectivity index (χ4v) is 7.40. The van der Waals surface area contributed by atoms with Gasteiger partial charge in [-0.25, -0.2) is 14.4 Å². The minimum atomic E-state index is -1.17. The third-order valence-corrected chi connectivity index (χ3v) is 9.46. The van der Waals surface area contributed by atoms with Crippen LogP contribution in [0.3, 0.4) is 0 Å². The van der Waals surface area contributed by atoms with E-state index in [9.17, 15) is 24.3 Å². The molecule has 224 valence electrons. The average molecular weight is 597 g/mol. The molecule has 3 aliphatic rings. The molecule has 0 unspecified atom stereocenters. The van der Waals surface area contributed by atoms with E-state index in [1.165, 1.54) is 0 Å². The van der Waals surface area contributed by atoms with Gasteiger partial charge in [0, 0.05) is 29.9 Å². The fraction of sp³-hybridized carbons (Fsp3) is 0.467. The first-order chi connectivity index (χ1) is 20.4. The maximum atomic E-state index is 12.5. The molecule has 1 aliphatic carbocycles. The Labute approximate surface area is 248 Å². The highest BCUT2D eigenvalue weighted by molar-refractivity contribution is 8.00. The summed E-state index contributed by atoms with van der Waals surface area (Å²) in [6.07, 6.45) is 2.43. The topological polar surface area (TPSA) is 155 Å². The molecule has 3 amide bonds. The monoisotopic (exact) mass is 596 g/mol. The lowest BCUT2D eigenvalue weighted by Crippen LogP contribution is -2.41. The second kappa shape index (κ2) is 13.9. The Balaban J connectivity index is 0.954. The highest BCUT2D eigenvalue weighted by Crippen LogP contribution is 2.44. The number of fused-ring (bicyclic) bond motifs is 4. The summed E-state index contributed by atoms with van der Waals surface area (Å²) in [4.78, 5) is 52.8. The van der Waals surface area contributed by atoms with E-state index in [0.29, 0.717) is 18.1 Å². The molecule has 5 rings (SSSR count). The van der Waals surface area contributed by atoms with Gasteiger partial charge < -0.3 is 30.6 Å². The van der Waals surface area contributed by atoms with Gasteiger partial charge in [-0.3, -0.25) is 4.79 Å². The molecule has 5 N–H and O–H groups in total. The molecule has 11 nitrogen and oxygen atoms in total. The van der Waals surface area contributed by atoms with Crippen LogP contribution in [0.5, 0.6) is 0 Å². The Morgan fingerprint density at radius 1 is 1.00 bits per heavy atom. The SMILES string of the molecule is O=C1N[C@H]2[C@H](CS[C@H]2CCCCC(=O)ONCCC[C@H](NC(=O)OCC2c3ccccc3-c3ccccc32)C(=O)O)N1. The van der Waals surface area contributed by atoms with E-state index in [4.69, 9.17) is 9.57 Å². The van der Waals surface area contributed by atoms with E-state index in [-0.39, 0.29) is 56.0 Å². The van der Waals surface area contributed by atoms with Gasteiger partial charge in [-0.2, -0.15) is 17.2 Å². The fourth-order valence-electron chi connectivity index (χ4n) is 5.86. The number of thioether (sulfide) groups is 1. The minimum Gasteiger partial charge on any atom is -0.480 e. The van der Waals surface area contributed by atoms with Crippen molar-refractivity contribution in [2.24, 2.45) is 0 Å². The van der Waals surface area contributed by atoms with Crippen LogP contribution in [-0.4, -0.2) is 71.4 Å². The molecule has 2 aromatic carbocycles. The number of amides is 3. The number of ether oxygens (including phenoxy) is 1. The van der Waals surface area contributed by atoms with E-state index in [2.05, 4.69) is 21.4 Å². The number of carboxylic acid groups (broad SMARTS) is 1. The van der Waals surface area contributed by atoms with Crippen LogP contribution in [0.15, 0.2) is 48.5 Å². The first kappa shape index (κ1) is 29.7. The number of rotatable bonds is 14. The normalized spacial score (nSPS) is 21.0. The van der Waals surface area contributed by atoms with Crippen molar-refractivity contribution in [3.8, 4) is 11.1 Å². The molecule has 2 aliphatic heterocycles. The molecule has 2 fully saturated rings. The van der Waals surface area contributed by atoms with Crippen molar-refractivity contribution >= 4 is 35.8 Å². The Morgan fingerprint density at radius 3 is 2.43 bits per heavy atom. The van der Waals surface area contributed by atoms with Gasteiger partial charge in [-0.15, -0.1) is 0 Å². The second-order valence-electron chi connectivity index (χ2n) is 10.7. The van der Waals surface area contributed by atoms with E-state index < -0.39 is 18.1 Å². The van der Waals surface area contributed by atoms with E-state index in [0.717, 1.165) is 40.8 Å².